The minimum Gasteiger partial charge on any atom is -0.507 e. The van der Waals surface area contributed by atoms with Gasteiger partial charge in [-0.05, 0) is 50.8 Å². The Morgan fingerprint density at radius 3 is 2.71 bits per heavy atom. The van der Waals surface area contributed by atoms with Crippen LogP contribution < -0.4 is 4.74 Å². The fourth-order valence-corrected chi connectivity index (χ4v) is 4.21. The van der Waals surface area contributed by atoms with Crippen molar-refractivity contribution in [2.45, 2.75) is 70.7 Å². The summed E-state index contributed by atoms with van der Waals surface area (Å²) >= 11 is 0. The van der Waals surface area contributed by atoms with Gasteiger partial charge in [0.2, 0.25) is 0 Å². The molecule has 180 valence electrons. The second-order valence-corrected chi connectivity index (χ2v) is 9.18. The van der Waals surface area contributed by atoms with Crippen molar-refractivity contribution in [3.63, 3.8) is 0 Å². The standard InChI is InChI=1S/C28H32O6/c1-19-10-9-15-25-24(33-28(2,3)34-25)14-8-7-13-21-16-22(17-23(29)26(21)27(30)32-19)31-18-20-11-5-4-6-12-20/h4-7,9,11-13,15-17,19,24-25,29H,8,10,14,18H2,1-3H3/b13-7+,15-9+/t19-,24-,25-/m0/s1. The number of hydrogen-bond donors (Lipinski definition) is 1. The number of benzene rings is 2. The van der Waals surface area contributed by atoms with Crippen molar-refractivity contribution in [3.8, 4) is 11.5 Å². The van der Waals surface area contributed by atoms with Crippen LogP contribution in [-0.4, -0.2) is 35.2 Å². The SMILES string of the molecule is C[C@H]1C/C=C/[C@@H]2OC(C)(C)O[C@H]2CC/C=C/c2cc(OCc3ccccc3)cc(O)c2C(=O)O1. The zero-order valence-electron chi connectivity index (χ0n) is 19.9. The minimum absolute atomic E-state index is 0.0647. The predicted molar refractivity (Wildman–Crippen MR) is 130 cm³/mol. The van der Waals surface area contributed by atoms with Gasteiger partial charge in [0.25, 0.3) is 0 Å². The number of ether oxygens (including phenoxy) is 4. The van der Waals surface area contributed by atoms with E-state index in [2.05, 4.69) is 0 Å². The van der Waals surface area contributed by atoms with E-state index < -0.39 is 11.8 Å². The molecule has 6 nitrogen and oxygen atoms in total. The van der Waals surface area contributed by atoms with E-state index >= 15 is 0 Å². The van der Waals surface area contributed by atoms with E-state index in [1.165, 1.54) is 6.07 Å². The molecule has 6 heteroatoms. The zero-order valence-corrected chi connectivity index (χ0v) is 19.9. The highest BCUT2D eigenvalue weighted by molar-refractivity contribution is 5.97. The van der Waals surface area contributed by atoms with Crippen LogP contribution in [0.1, 0.15) is 61.5 Å². The highest BCUT2D eigenvalue weighted by atomic mass is 16.7. The molecule has 0 unspecified atom stereocenters. The fraction of sp³-hybridized carbons (Fsp3) is 0.393. The summed E-state index contributed by atoms with van der Waals surface area (Å²) < 4.78 is 23.6. The Hall–Kier alpha value is -3.09. The number of phenolic OH excluding ortho intramolecular Hbond substituents is 1. The second-order valence-electron chi connectivity index (χ2n) is 9.18. The fourth-order valence-electron chi connectivity index (χ4n) is 4.21. The number of esters is 1. The Kier molecular flexibility index (Phi) is 7.39. The molecule has 2 aliphatic heterocycles. The predicted octanol–water partition coefficient (Wildman–Crippen LogP) is 5.79. The number of cyclic esters (lactones) is 1. The van der Waals surface area contributed by atoms with Gasteiger partial charge >= 0.3 is 5.97 Å². The number of fused-ring (bicyclic) bond motifs is 2. The molecule has 1 N–H and O–H groups in total. The molecule has 2 aromatic carbocycles. The number of aromatic hydroxyl groups is 1. The Bertz CT molecular complexity index is 1060. The first-order valence-electron chi connectivity index (χ1n) is 11.7. The highest BCUT2D eigenvalue weighted by Crippen LogP contribution is 2.33. The normalized spacial score (nSPS) is 26.4. The molecule has 0 bridgehead atoms. The van der Waals surface area contributed by atoms with Gasteiger partial charge in [0.05, 0.1) is 6.10 Å². The number of rotatable bonds is 3. The van der Waals surface area contributed by atoms with Gasteiger partial charge in [-0.1, -0.05) is 54.6 Å². The molecule has 3 atom stereocenters. The molecule has 0 spiro atoms. The first kappa shape index (κ1) is 24.0. The quantitative estimate of drug-likeness (QED) is 0.458. The summed E-state index contributed by atoms with van der Waals surface area (Å²) in [5, 5.41) is 10.7. The van der Waals surface area contributed by atoms with E-state index in [4.69, 9.17) is 18.9 Å². The molecule has 0 aliphatic carbocycles. The minimum atomic E-state index is -0.640. The van der Waals surface area contributed by atoms with Gasteiger partial charge in [-0.25, -0.2) is 4.79 Å². The zero-order chi connectivity index (χ0) is 24.1. The average Bonchev–Trinajstić information content (AvgIpc) is 3.08. The molecule has 0 radical (unpaired) electrons. The third-order valence-electron chi connectivity index (χ3n) is 5.81. The summed E-state index contributed by atoms with van der Waals surface area (Å²) in [5.74, 6) is -0.897. The molecule has 1 fully saturated rings. The third kappa shape index (κ3) is 6.07. The van der Waals surface area contributed by atoms with Crippen LogP contribution in [0.15, 0.2) is 60.7 Å². The van der Waals surface area contributed by atoms with E-state index in [0.717, 1.165) is 18.4 Å². The van der Waals surface area contributed by atoms with Crippen LogP contribution in [0.4, 0.5) is 0 Å². The Balaban J connectivity index is 1.59. The Morgan fingerprint density at radius 1 is 1.12 bits per heavy atom. The molecule has 2 heterocycles. The lowest BCUT2D eigenvalue weighted by Gasteiger charge is -2.17. The van der Waals surface area contributed by atoms with Crippen molar-refractivity contribution in [1.29, 1.82) is 0 Å². The van der Waals surface area contributed by atoms with Gasteiger partial charge in [-0.2, -0.15) is 0 Å². The van der Waals surface area contributed by atoms with Crippen LogP contribution in [-0.2, 0) is 20.8 Å². The Morgan fingerprint density at radius 2 is 1.91 bits per heavy atom. The molecule has 34 heavy (non-hydrogen) atoms. The Labute approximate surface area is 200 Å². The largest absolute Gasteiger partial charge is 0.507 e. The van der Waals surface area contributed by atoms with Crippen molar-refractivity contribution >= 4 is 12.0 Å². The van der Waals surface area contributed by atoms with Crippen molar-refractivity contribution in [2.75, 3.05) is 0 Å². The van der Waals surface area contributed by atoms with Crippen LogP contribution in [0, 0.1) is 0 Å². The first-order chi connectivity index (χ1) is 16.3. The summed E-state index contributed by atoms with van der Waals surface area (Å²) in [6, 6.07) is 13.0. The van der Waals surface area contributed by atoms with E-state index in [9.17, 15) is 9.90 Å². The van der Waals surface area contributed by atoms with Gasteiger partial charge < -0.3 is 24.1 Å². The van der Waals surface area contributed by atoms with Gasteiger partial charge in [0, 0.05) is 12.5 Å². The van der Waals surface area contributed by atoms with Gasteiger partial charge in [0.15, 0.2) is 5.79 Å². The van der Waals surface area contributed by atoms with Crippen LogP contribution >= 0.6 is 0 Å². The van der Waals surface area contributed by atoms with Crippen LogP contribution in [0.25, 0.3) is 6.08 Å². The van der Waals surface area contributed by atoms with E-state index in [0.29, 0.717) is 24.3 Å². The van der Waals surface area contributed by atoms with E-state index in [1.807, 2.05) is 75.4 Å². The van der Waals surface area contributed by atoms with E-state index in [-0.39, 0.29) is 29.6 Å². The summed E-state index contributed by atoms with van der Waals surface area (Å²) in [6.07, 6.45) is 9.17. The lowest BCUT2D eigenvalue weighted by Crippen LogP contribution is -2.21. The van der Waals surface area contributed by atoms with Gasteiger partial charge in [0.1, 0.15) is 35.9 Å². The summed E-state index contributed by atoms with van der Waals surface area (Å²) in [4.78, 5) is 12.9. The number of carbonyl (C=O) groups is 1. The molecule has 0 amide bonds. The number of phenols is 1. The summed E-state index contributed by atoms with van der Waals surface area (Å²) in [6.45, 7) is 6.01. The molecular weight excluding hydrogens is 432 g/mol. The van der Waals surface area contributed by atoms with Crippen molar-refractivity contribution in [3.05, 3.63) is 77.4 Å². The first-order valence-corrected chi connectivity index (χ1v) is 11.7. The molecular formula is C28H32O6. The lowest BCUT2D eigenvalue weighted by atomic mass is 10.0. The van der Waals surface area contributed by atoms with Crippen LogP contribution in [0.2, 0.25) is 0 Å². The number of carbonyl (C=O) groups excluding carboxylic acids is 1. The molecule has 4 rings (SSSR count). The van der Waals surface area contributed by atoms with Crippen LogP contribution in [0.3, 0.4) is 0 Å². The molecule has 1 saturated heterocycles. The molecule has 2 aromatic rings. The third-order valence-corrected chi connectivity index (χ3v) is 5.81. The van der Waals surface area contributed by atoms with Crippen molar-refractivity contribution in [1.82, 2.24) is 0 Å². The maximum atomic E-state index is 12.9. The molecule has 0 saturated carbocycles. The average molecular weight is 465 g/mol. The second kappa shape index (κ2) is 10.5. The smallest absolute Gasteiger partial charge is 0.342 e. The molecule has 0 aromatic heterocycles. The van der Waals surface area contributed by atoms with Gasteiger partial charge in [-0.15, -0.1) is 0 Å². The number of allylic oxidation sites excluding steroid dienone is 1. The van der Waals surface area contributed by atoms with Crippen molar-refractivity contribution in [2.24, 2.45) is 0 Å². The van der Waals surface area contributed by atoms with Gasteiger partial charge in [-0.3, -0.25) is 0 Å². The van der Waals surface area contributed by atoms with Crippen molar-refractivity contribution < 1.29 is 28.8 Å². The number of hydrogen-bond acceptors (Lipinski definition) is 6. The maximum Gasteiger partial charge on any atom is 0.342 e. The summed E-state index contributed by atoms with van der Waals surface area (Å²) in [7, 11) is 0. The molecule has 2 aliphatic rings. The highest BCUT2D eigenvalue weighted by Gasteiger charge is 2.39. The topological polar surface area (TPSA) is 74.2 Å². The maximum absolute atomic E-state index is 12.9. The van der Waals surface area contributed by atoms with E-state index in [1.54, 1.807) is 6.07 Å². The monoisotopic (exact) mass is 464 g/mol. The lowest BCUT2D eigenvalue weighted by molar-refractivity contribution is -0.143. The van der Waals surface area contributed by atoms with Crippen LogP contribution in [0.5, 0.6) is 11.5 Å². The summed E-state index contributed by atoms with van der Waals surface area (Å²) in [5.41, 5.74) is 1.69.